The van der Waals surface area contributed by atoms with Crippen LogP contribution in [0.2, 0.25) is 0 Å². The Morgan fingerprint density at radius 1 is 1.31 bits per heavy atom. The van der Waals surface area contributed by atoms with Crippen LogP contribution >= 0.6 is 22.7 Å². The van der Waals surface area contributed by atoms with E-state index in [2.05, 4.69) is 33.4 Å². The minimum Gasteiger partial charge on any atom is -0.274 e. The third kappa shape index (κ3) is 1.46. The van der Waals surface area contributed by atoms with Gasteiger partial charge in [0.2, 0.25) is 0 Å². The molecule has 0 spiro atoms. The van der Waals surface area contributed by atoms with Crippen molar-refractivity contribution in [2.45, 2.75) is 6.92 Å². The first-order valence-electron chi connectivity index (χ1n) is 4.71. The summed E-state index contributed by atoms with van der Waals surface area (Å²) in [7, 11) is 0. The molecule has 3 rings (SSSR count). The topological polar surface area (TPSA) is 54.5 Å². The third-order valence-electron chi connectivity index (χ3n) is 2.34. The predicted molar refractivity (Wildman–Crippen MR) is 65.5 cm³/mol. The summed E-state index contributed by atoms with van der Waals surface area (Å²) >= 11 is 3.20. The van der Waals surface area contributed by atoms with Crippen molar-refractivity contribution >= 4 is 22.7 Å². The zero-order valence-electron chi connectivity index (χ0n) is 8.47. The number of H-pyrrole nitrogens is 1. The fourth-order valence-electron chi connectivity index (χ4n) is 1.54. The largest absolute Gasteiger partial charge is 0.274 e. The van der Waals surface area contributed by atoms with Crippen LogP contribution in [0.5, 0.6) is 0 Å². The van der Waals surface area contributed by atoms with Crippen molar-refractivity contribution in [1.29, 1.82) is 0 Å². The molecule has 0 radical (unpaired) electrons. The highest BCUT2D eigenvalue weighted by Crippen LogP contribution is 2.31. The van der Waals surface area contributed by atoms with Crippen LogP contribution in [-0.2, 0) is 0 Å². The SMILES string of the molecule is Cc1c(-c2cccs2)n[nH]c1-c1nncs1. The molecule has 0 aliphatic carbocycles. The molecule has 0 saturated heterocycles. The van der Waals surface area contributed by atoms with Crippen LogP contribution in [0.15, 0.2) is 23.0 Å². The molecule has 3 aromatic rings. The van der Waals surface area contributed by atoms with E-state index in [1.807, 2.05) is 11.4 Å². The number of hydrogen-bond acceptors (Lipinski definition) is 5. The second-order valence-corrected chi connectivity index (χ2v) is 5.07. The predicted octanol–water partition coefficient (Wildman–Crippen LogP) is 2.97. The van der Waals surface area contributed by atoms with Crippen LogP contribution in [0, 0.1) is 6.92 Å². The Kier molecular flexibility index (Phi) is 2.30. The Balaban J connectivity index is 2.12. The Bertz CT molecular complexity index is 529. The van der Waals surface area contributed by atoms with Gasteiger partial charge in [-0.15, -0.1) is 21.5 Å². The van der Waals surface area contributed by atoms with E-state index < -0.39 is 0 Å². The summed E-state index contributed by atoms with van der Waals surface area (Å²) in [6.07, 6.45) is 0. The highest BCUT2D eigenvalue weighted by atomic mass is 32.1. The van der Waals surface area contributed by atoms with E-state index in [9.17, 15) is 0 Å². The van der Waals surface area contributed by atoms with E-state index in [1.54, 1.807) is 16.8 Å². The lowest BCUT2D eigenvalue weighted by atomic mass is 10.2. The number of rotatable bonds is 2. The first kappa shape index (κ1) is 9.68. The fourth-order valence-corrected chi connectivity index (χ4v) is 2.92. The molecule has 6 heteroatoms. The van der Waals surface area contributed by atoms with Crippen LogP contribution in [-0.4, -0.2) is 20.4 Å². The molecule has 0 fully saturated rings. The molecule has 0 saturated carbocycles. The molecule has 0 unspecified atom stereocenters. The smallest absolute Gasteiger partial charge is 0.165 e. The van der Waals surface area contributed by atoms with Gasteiger partial charge in [-0.2, -0.15) is 5.10 Å². The van der Waals surface area contributed by atoms with Gasteiger partial charge in [0.25, 0.3) is 0 Å². The average Bonchev–Trinajstić information content (AvgIpc) is 2.96. The van der Waals surface area contributed by atoms with Crippen LogP contribution in [0.25, 0.3) is 21.3 Å². The van der Waals surface area contributed by atoms with E-state index in [-0.39, 0.29) is 0 Å². The molecule has 0 aliphatic rings. The summed E-state index contributed by atoms with van der Waals surface area (Å²) in [5.41, 5.74) is 4.81. The standard InChI is InChI=1S/C10H8N4S2/c1-6-8(7-3-2-4-15-7)12-13-9(6)10-14-11-5-16-10/h2-5H,1H3,(H,12,13). The van der Waals surface area contributed by atoms with Crippen molar-refractivity contribution in [2.24, 2.45) is 0 Å². The first-order valence-corrected chi connectivity index (χ1v) is 6.47. The molecule has 0 aromatic carbocycles. The zero-order valence-corrected chi connectivity index (χ0v) is 10.1. The van der Waals surface area contributed by atoms with Gasteiger partial charge in [-0.05, 0) is 18.4 Å². The maximum absolute atomic E-state index is 4.34. The van der Waals surface area contributed by atoms with Crippen LogP contribution < -0.4 is 0 Å². The molecule has 4 nitrogen and oxygen atoms in total. The third-order valence-corrected chi connectivity index (χ3v) is 3.92. The molecule has 3 heterocycles. The van der Waals surface area contributed by atoms with E-state index >= 15 is 0 Å². The van der Waals surface area contributed by atoms with Crippen molar-refractivity contribution < 1.29 is 0 Å². The summed E-state index contributed by atoms with van der Waals surface area (Å²) in [6.45, 7) is 2.05. The minimum absolute atomic E-state index is 0.882. The van der Waals surface area contributed by atoms with Gasteiger partial charge in [-0.1, -0.05) is 17.4 Å². The molecule has 3 aromatic heterocycles. The first-order chi connectivity index (χ1) is 7.86. The molecule has 0 bridgehead atoms. The molecule has 0 atom stereocenters. The maximum atomic E-state index is 4.34. The Hall–Kier alpha value is -1.53. The van der Waals surface area contributed by atoms with Gasteiger partial charge < -0.3 is 0 Å². The van der Waals surface area contributed by atoms with E-state index in [4.69, 9.17) is 0 Å². The lowest BCUT2D eigenvalue weighted by Gasteiger charge is -1.93. The van der Waals surface area contributed by atoms with Crippen molar-refractivity contribution in [2.75, 3.05) is 0 Å². The Labute approximate surface area is 100.0 Å². The molecule has 16 heavy (non-hydrogen) atoms. The number of nitrogens with zero attached hydrogens (tertiary/aromatic N) is 3. The lowest BCUT2D eigenvalue weighted by molar-refractivity contribution is 1.06. The van der Waals surface area contributed by atoms with Gasteiger partial charge in [-0.3, -0.25) is 5.10 Å². The molecule has 1 N–H and O–H groups in total. The monoisotopic (exact) mass is 248 g/mol. The number of aromatic amines is 1. The molecule has 0 aliphatic heterocycles. The molecular formula is C10H8N4S2. The van der Waals surface area contributed by atoms with Crippen molar-refractivity contribution in [3.63, 3.8) is 0 Å². The van der Waals surface area contributed by atoms with E-state index in [0.29, 0.717) is 0 Å². The number of nitrogens with one attached hydrogen (secondary N) is 1. The quantitative estimate of drug-likeness (QED) is 0.758. The Morgan fingerprint density at radius 2 is 2.25 bits per heavy atom. The van der Waals surface area contributed by atoms with E-state index in [0.717, 1.165) is 22.0 Å². The fraction of sp³-hybridized carbons (Fsp3) is 0.100. The zero-order chi connectivity index (χ0) is 11.0. The van der Waals surface area contributed by atoms with Crippen LogP contribution in [0.3, 0.4) is 0 Å². The second kappa shape index (κ2) is 3.80. The van der Waals surface area contributed by atoms with Gasteiger partial charge in [0.1, 0.15) is 11.2 Å². The van der Waals surface area contributed by atoms with Crippen LogP contribution in [0.1, 0.15) is 5.56 Å². The van der Waals surface area contributed by atoms with Gasteiger partial charge in [-0.25, -0.2) is 0 Å². The molecular weight excluding hydrogens is 240 g/mol. The summed E-state index contributed by atoms with van der Waals surface area (Å²) in [4.78, 5) is 1.17. The van der Waals surface area contributed by atoms with Gasteiger partial charge in [0.05, 0.1) is 10.6 Å². The number of thiophene rings is 1. The Morgan fingerprint density at radius 3 is 2.94 bits per heavy atom. The van der Waals surface area contributed by atoms with Crippen molar-refractivity contribution in [1.82, 2.24) is 20.4 Å². The van der Waals surface area contributed by atoms with E-state index in [1.165, 1.54) is 16.2 Å². The molecule has 0 amide bonds. The van der Waals surface area contributed by atoms with Crippen LogP contribution in [0.4, 0.5) is 0 Å². The maximum Gasteiger partial charge on any atom is 0.165 e. The second-order valence-electron chi connectivity index (χ2n) is 3.29. The summed E-state index contributed by atoms with van der Waals surface area (Å²) < 4.78 is 0. The van der Waals surface area contributed by atoms with Gasteiger partial charge in [0.15, 0.2) is 5.01 Å². The van der Waals surface area contributed by atoms with Gasteiger partial charge >= 0.3 is 0 Å². The van der Waals surface area contributed by atoms with Crippen molar-refractivity contribution in [3.05, 3.63) is 28.6 Å². The highest BCUT2D eigenvalue weighted by molar-refractivity contribution is 7.13. The number of hydrogen-bond donors (Lipinski definition) is 1. The summed E-state index contributed by atoms with van der Waals surface area (Å²) in [5.74, 6) is 0. The van der Waals surface area contributed by atoms with Crippen molar-refractivity contribution in [3.8, 4) is 21.3 Å². The lowest BCUT2D eigenvalue weighted by Crippen LogP contribution is -1.80. The number of aromatic nitrogens is 4. The summed E-state index contributed by atoms with van der Waals surface area (Å²) in [5, 5.41) is 18.2. The average molecular weight is 248 g/mol. The molecule has 80 valence electrons. The highest BCUT2D eigenvalue weighted by Gasteiger charge is 2.14. The summed E-state index contributed by atoms with van der Waals surface area (Å²) in [6, 6.07) is 4.09. The van der Waals surface area contributed by atoms with Gasteiger partial charge in [0, 0.05) is 5.56 Å². The minimum atomic E-state index is 0.882. The normalized spacial score (nSPS) is 10.8.